The number of primary amides is 1. The molecule has 132 valence electrons. The highest BCUT2D eigenvalue weighted by Gasteiger charge is 2.20. The van der Waals surface area contributed by atoms with Crippen LogP contribution in [0.15, 0.2) is 48.5 Å². The maximum Gasteiger partial charge on any atom is 0.251 e. The highest BCUT2D eigenvalue weighted by molar-refractivity contribution is 6.30. The van der Waals surface area contributed by atoms with Crippen LogP contribution in [0.1, 0.15) is 42.3 Å². The molecule has 2 aromatic rings. The van der Waals surface area contributed by atoms with Crippen LogP contribution in [0, 0.1) is 0 Å². The number of hydrogen-bond acceptors (Lipinski definition) is 2. The quantitative estimate of drug-likeness (QED) is 0.859. The van der Waals surface area contributed by atoms with E-state index in [1.54, 1.807) is 30.3 Å². The molecular weight excluding hydrogens is 336 g/mol. The zero-order valence-electron chi connectivity index (χ0n) is 14.7. The zero-order chi connectivity index (χ0) is 18.6. The Labute approximate surface area is 153 Å². The van der Waals surface area contributed by atoms with E-state index in [1.807, 2.05) is 18.2 Å². The Balaban J connectivity index is 2.11. The second-order valence-electron chi connectivity index (χ2n) is 7.09. The Morgan fingerprint density at radius 2 is 1.76 bits per heavy atom. The van der Waals surface area contributed by atoms with Gasteiger partial charge in [0.05, 0.1) is 0 Å². The Bertz CT molecular complexity index is 764. The van der Waals surface area contributed by atoms with Crippen molar-refractivity contribution in [3.05, 3.63) is 70.2 Å². The van der Waals surface area contributed by atoms with Gasteiger partial charge >= 0.3 is 0 Å². The molecule has 0 aliphatic heterocycles. The van der Waals surface area contributed by atoms with Gasteiger partial charge in [0.25, 0.3) is 5.91 Å². The van der Waals surface area contributed by atoms with Gasteiger partial charge in [-0.1, -0.05) is 56.6 Å². The first-order valence-corrected chi connectivity index (χ1v) is 8.50. The molecule has 5 heteroatoms. The van der Waals surface area contributed by atoms with Crippen molar-refractivity contribution >= 4 is 23.4 Å². The fourth-order valence-electron chi connectivity index (χ4n) is 2.49. The predicted molar refractivity (Wildman–Crippen MR) is 101 cm³/mol. The van der Waals surface area contributed by atoms with Gasteiger partial charge in [0, 0.05) is 17.0 Å². The second-order valence-corrected chi connectivity index (χ2v) is 7.53. The molecule has 0 aliphatic carbocycles. The molecule has 3 N–H and O–H groups in total. The highest BCUT2D eigenvalue weighted by Crippen LogP contribution is 2.22. The monoisotopic (exact) mass is 358 g/mol. The van der Waals surface area contributed by atoms with Crippen LogP contribution >= 0.6 is 11.6 Å². The number of nitrogens with two attached hydrogens (primary N) is 1. The first-order valence-electron chi connectivity index (χ1n) is 8.12. The molecule has 25 heavy (non-hydrogen) atoms. The molecule has 2 amide bonds. The number of halogens is 1. The van der Waals surface area contributed by atoms with Crippen molar-refractivity contribution in [2.75, 3.05) is 0 Å². The molecule has 0 heterocycles. The summed E-state index contributed by atoms with van der Waals surface area (Å²) in [5, 5.41) is 3.28. The average Bonchev–Trinajstić information content (AvgIpc) is 2.53. The van der Waals surface area contributed by atoms with Gasteiger partial charge < -0.3 is 11.1 Å². The minimum absolute atomic E-state index is 0.0113. The maximum atomic E-state index is 12.4. The number of carbonyl (C=O) groups excluding carboxylic acids is 2. The summed E-state index contributed by atoms with van der Waals surface area (Å²) in [7, 11) is 0. The van der Waals surface area contributed by atoms with Gasteiger partial charge in [-0.2, -0.15) is 0 Å². The number of benzene rings is 2. The summed E-state index contributed by atoms with van der Waals surface area (Å²) in [6.45, 7) is 6.32. The van der Waals surface area contributed by atoms with E-state index in [1.165, 1.54) is 0 Å². The van der Waals surface area contributed by atoms with Gasteiger partial charge in [-0.3, -0.25) is 9.59 Å². The molecule has 0 unspecified atom stereocenters. The SMILES string of the molecule is CC(C)(C)c1ccc(C(=O)N[C@H](Cc2cccc(Cl)c2)C(N)=O)cc1. The third-order valence-corrected chi connectivity index (χ3v) is 4.23. The van der Waals surface area contributed by atoms with Crippen LogP contribution in [-0.2, 0) is 16.6 Å². The summed E-state index contributed by atoms with van der Waals surface area (Å²) >= 11 is 5.96. The topological polar surface area (TPSA) is 72.2 Å². The first-order chi connectivity index (χ1) is 11.7. The lowest BCUT2D eigenvalue weighted by Gasteiger charge is -2.19. The minimum Gasteiger partial charge on any atom is -0.368 e. The van der Waals surface area contributed by atoms with Crippen molar-refractivity contribution in [3.63, 3.8) is 0 Å². The largest absolute Gasteiger partial charge is 0.368 e. The van der Waals surface area contributed by atoms with Gasteiger partial charge in [0.15, 0.2) is 0 Å². The molecule has 0 bridgehead atoms. The van der Waals surface area contributed by atoms with Gasteiger partial charge in [0.1, 0.15) is 6.04 Å². The molecule has 0 aromatic heterocycles. The van der Waals surface area contributed by atoms with Crippen molar-refractivity contribution in [2.45, 2.75) is 38.6 Å². The van der Waals surface area contributed by atoms with E-state index in [2.05, 4.69) is 26.1 Å². The lowest BCUT2D eigenvalue weighted by atomic mass is 9.86. The van der Waals surface area contributed by atoms with E-state index in [-0.39, 0.29) is 11.3 Å². The second kappa shape index (κ2) is 7.70. The molecule has 0 radical (unpaired) electrons. The molecular formula is C20H23ClN2O2. The van der Waals surface area contributed by atoms with Crippen molar-refractivity contribution in [1.29, 1.82) is 0 Å². The lowest BCUT2D eigenvalue weighted by molar-refractivity contribution is -0.119. The van der Waals surface area contributed by atoms with E-state index in [4.69, 9.17) is 17.3 Å². The zero-order valence-corrected chi connectivity index (χ0v) is 15.4. The first kappa shape index (κ1) is 19.0. The van der Waals surface area contributed by atoms with Crippen molar-refractivity contribution < 1.29 is 9.59 Å². The standard InChI is InChI=1S/C20H23ClN2O2/c1-20(2,3)15-9-7-14(8-10-15)19(25)23-17(18(22)24)12-13-5-4-6-16(21)11-13/h4-11,17H,12H2,1-3H3,(H2,22,24)(H,23,25)/t17-/m1/s1. The highest BCUT2D eigenvalue weighted by atomic mass is 35.5. The van der Waals surface area contributed by atoms with Crippen LogP contribution < -0.4 is 11.1 Å². The van der Waals surface area contributed by atoms with E-state index in [0.29, 0.717) is 17.0 Å². The molecule has 2 aromatic carbocycles. The Morgan fingerprint density at radius 1 is 1.12 bits per heavy atom. The van der Waals surface area contributed by atoms with Crippen molar-refractivity contribution in [3.8, 4) is 0 Å². The van der Waals surface area contributed by atoms with Crippen LogP contribution in [0.3, 0.4) is 0 Å². The van der Waals surface area contributed by atoms with Crippen LogP contribution in [0.25, 0.3) is 0 Å². The summed E-state index contributed by atoms with van der Waals surface area (Å²) in [5.74, 6) is -0.911. The summed E-state index contributed by atoms with van der Waals surface area (Å²) < 4.78 is 0. The number of nitrogens with one attached hydrogen (secondary N) is 1. The van der Waals surface area contributed by atoms with Crippen LogP contribution in [0.2, 0.25) is 5.02 Å². The lowest BCUT2D eigenvalue weighted by Crippen LogP contribution is -2.45. The Hall–Kier alpha value is -2.33. The van der Waals surface area contributed by atoms with Gasteiger partial charge in [0.2, 0.25) is 5.91 Å². The van der Waals surface area contributed by atoms with E-state index in [9.17, 15) is 9.59 Å². The van der Waals surface area contributed by atoms with Crippen LogP contribution in [-0.4, -0.2) is 17.9 Å². The third-order valence-electron chi connectivity index (χ3n) is 3.99. The third kappa shape index (κ3) is 5.33. The van der Waals surface area contributed by atoms with E-state index < -0.39 is 11.9 Å². The van der Waals surface area contributed by atoms with E-state index in [0.717, 1.165) is 11.1 Å². The molecule has 0 aliphatic rings. The summed E-state index contributed by atoms with van der Waals surface area (Å²) in [6.07, 6.45) is 0.293. The van der Waals surface area contributed by atoms with E-state index >= 15 is 0 Å². The fraction of sp³-hybridized carbons (Fsp3) is 0.300. The summed E-state index contributed by atoms with van der Waals surface area (Å²) in [4.78, 5) is 24.1. The van der Waals surface area contributed by atoms with Crippen LogP contribution in [0.5, 0.6) is 0 Å². The summed E-state index contributed by atoms with van der Waals surface area (Å²) in [6, 6.07) is 13.7. The Morgan fingerprint density at radius 3 is 2.28 bits per heavy atom. The van der Waals surface area contributed by atoms with Crippen LogP contribution in [0.4, 0.5) is 0 Å². The predicted octanol–water partition coefficient (Wildman–Crippen LogP) is 3.46. The molecule has 2 rings (SSSR count). The van der Waals surface area contributed by atoms with Gasteiger partial charge in [-0.05, 0) is 40.8 Å². The number of carbonyl (C=O) groups is 2. The maximum absolute atomic E-state index is 12.4. The smallest absolute Gasteiger partial charge is 0.251 e. The normalized spacial score (nSPS) is 12.5. The van der Waals surface area contributed by atoms with Crippen molar-refractivity contribution in [1.82, 2.24) is 5.32 Å². The molecule has 1 atom stereocenters. The molecule has 0 fully saturated rings. The molecule has 0 saturated heterocycles. The minimum atomic E-state index is -0.798. The van der Waals surface area contributed by atoms with Crippen molar-refractivity contribution in [2.24, 2.45) is 5.73 Å². The molecule has 0 spiro atoms. The number of hydrogen-bond donors (Lipinski definition) is 2. The molecule has 0 saturated carbocycles. The number of amides is 2. The van der Waals surface area contributed by atoms with Gasteiger partial charge in [-0.15, -0.1) is 0 Å². The fourth-order valence-corrected chi connectivity index (χ4v) is 2.70. The summed E-state index contributed by atoms with van der Waals surface area (Å²) in [5.41, 5.74) is 7.91. The average molecular weight is 359 g/mol. The Kier molecular flexibility index (Phi) is 5.85. The number of rotatable bonds is 5. The molecule has 4 nitrogen and oxygen atoms in total. The van der Waals surface area contributed by atoms with Gasteiger partial charge in [-0.25, -0.2) is 0 Å².